The summed E-state index contributed by atoms with van der Waals surface area (Å²) in [7, 11) is 0. The van der Waals surface area contributed by atoms with Crippen molar-refractivity contribution >= 4 is 17.6 Å². The van der Waals surface area contributed by atoms with E-state index in [0.29, 0.717) is 5.65 Å². The van der Waals surface area contributed by atoms with Crippen LogP contribution in [0.5, 0.6) is 0 Å². The highest BCUT2D eigenvalue weighted by Gasteiger charge is 2.39. The number of hydrogen-bond acceptors (Lipinski definition) is 5. The van der Waals surface area contributed by atoms with Crippen LogP contribution in [0.3, 0.4) is 0 Å². The summed E-state index contributed by atoms with van der Waals surface area (Å²) in [5.74, 6) is -0.797. The first-order chi connectivity index (χ1) is 10.8. The third-order valence-corrected chi connectivity index (χ3v) is 3.52. The van der Waals surface area contributed by atoms with Crippen LogP contribution < -0.4 is 5.69 Å². The molecule has 0 aliphatic carbocycles. The van der Waals surface area contributed by atoms with Crippen LogP contribution >= 0.6 is 0 Å². The molecule has 3 rings (SSSR count). The van der Waals surface area contributed by atoms with Gasteiger partial charge in [-0.15, -0.1) is 0 Å². The quantitative estimate of drug-likeness (QED) is 0.783. The zero-order valence-corrected chi connectivity index (χ0v) is 13.2. The molecule has 122 valence electrons. The van der Waals surface area contributed by atoms with Gasteiger partial charge < -0.3 is 9.64 Å². The van der Waals surface area contributed by atoms with E-state index in [2.05, 4.69) is 4.98 Å². The first-order valence-corrected chi connectivity index (χ1v) is 7.35. The van der Waals surface area contributed by atoms with Crippen molar-refractivity contribution in [3.8, 4) is 0 Å². The van der Waals surface area contributed by atoms with E-state index in [9.17, 15) is 14.4 Å². The Morgan fingerprint density at radius 2 is 1.96 bits per heavy atom. The van der Waals surface area contributed by atoms with Gasteiger partial charge in [0.05, 0.1) is 5.92 Å². The second-order valence-corrected chi connectivity index (χ2v) is 6.53. The number of nitrogens with zero attached hydrogens (tertiary/aromatic N) is 4. The Kier molecular flexibility index (Phi) is 3.46. The van der Waals surface area contributed by atoms with Crippen LogP contribution in [0.1, 0.15) is 25.6 Å². The average molecular weight is 318 g/mol. The fourth-order valence-corrected chi connectivity index (χ4v) is 2.40. The van der Waals surface area contributed by atoms with Gasteiger partial charge in [0.25, 0.3) is 5.91 Å². The van der Waals surface area contributed by atoms with Crippen LogP contribution in [-0.4, -0.2) is 49.8 Å². The van der Waals surface area contributed by atoms with Crippen molar-refractivity contribution in [1.29, 1.82) is 0 Å². The van der Waals surface area contributed by atoms with E-state index in [1.165, 1.54) is 9.42 Å². The maximum absolute atomic E-state index is 12.5. The van der Waals surface area contributed by atoms with Crippen molar-refractivity contribution in [1.82, 2.24) is 19.1 Å². The fraction of sp³-hybridized carbons (Fsp3) is 0.467. The summed E-state index contributed by atoms with van der Waals surface area (Å²) in [6.45, 7) is 5.82. The van der Waals surface area contributed by atoms with Gasteiger partial charge in [-0.3, -0.25) is 4.79 Å². The van der Waals surface area contributed by atoms with Gasteiger partial charge in [-0.25, -0.2) is 14.1 Å². The van der Waals surface area contributed by atoms with Gasteiger partial charge in [0.15, 0.2) is 5.65 Å². The molecule has 0 N–H and O–H groups in total. The maximum atomic E-state index is 12.5. The molecule has 0 radical (unpaired) electrons. The Balaban J connectivity index is 1.73. The topological polar surface area (TPSA) is 85.9 Å². The fourth-order valence-electron chi connectivity index (χ4n) is 2.40. The molecular formula is C15H18N4O4. The summed E-state index contributed by atoms with van der Waals surface area (Å²) in [5.41, 5.74) is -0.781. The average Bonchev–Trinajstić information content (AvgIpc) is 2.70. The number of pyridine rings is 1. The van der Waals surface area contributed by atoms with Gasteiger partial charge in [-0.1, -0.05) is 6.07 Å². The second-order valence-electron chi connectivity index (χ2n) is 6.53. The van der Waals surface area contributed by atoms with E-state index in [-0.39, 0.29) is 19.0 Å². The molecule has 2 aromatic rings. The molecule has 1 fully saturated rings. The number of fused-ring (bicyclic) bond motifs is 1. The Bertz CT molecular complexity index is 824. The highest BCUT2D eigenvalue weighted by molar-refractivity contribution is 5.84. The molecule has 3 heterocycles. The van der Waals surface area contributed by atoms with Crippen LogP contribution in [-0.2, 0) is 4.74 Å². The van der Waals surface area contributed by atoms with Gasteiger partial charge in [0.1, 0.15) is 5.60 Å². The molecule has 0 unspecified atom stereocenters. The molecule has 1 saturated heterocycles. The molecule has 23 heavy (non-hydrogen) atoms. The largest absolute Gasteiger partial charge is 0.444 e. The minimum Gasteiger partial charge on any atom is -0.444 e. The Hall–Kier alpha value is -2.64. The van der Waals surface area contributed by atoms with Crippen LogP contribution in [0, 0.1) is 5.92 Å². The van der Waals surface area contributed by atoms with Gasteiger partial charge in [0, 0.05) is 19.3 Å². The highest BCUT2D eigenvalue weighted by atomic mass is 16.6. The number of aromatic nitrogens is 3. The molecule has 0 aromatic carbocycles. The van der Waals surface area contributed by atoms with E-state index in [1.54, 1.807) is 45.2 Å². The Labute approximate surface area is 132 Å². The highest BCUT2D eigenvalue weighted by Crippen LogP contribution is 2.20. The standard InChI is InChI=1S/C15H18N4O4/c1-15(2,3)23-14(22)17-8-10(9-17)12(20)19-13(21)16-11-6-4-5-7-18(11)19/h4-7,10H,8-9H2,1-3H3. The predicted molar refractivity (Wildman–Crippen MR) is 81.4 cm³/mol. The Morgan fingerprint density at radius 1 is 1.26 bits per heavy atom. The first kappa shape index (κ1) is 15.3. The van der Waals surface area contributed by atoms with Crippen molar-refractivity contribution in [3.05, 3.63) is 34.9 Å². The molecule has 1 aliphatic heterocycles. The lowest BCUT2D eigenvalue weighted by molar-refractivity contribution is -0.000542. The Morgan fingerprint density at radius 3 is 2.61 bits per heavy atom. The molecule has 1 amide bonds. The third kappa shape index (κ3) is 2.84. The van der Waals surface area contributed by atoms with E-state index in [4.69, 9.17) is 4.74 Å². The summed E-state index contributed by atoms with van der Waals surface area (Å²) in [6, 6.07) is 5.11. The number of carbonyl (C=O) groups is 2. The molecule has 0 atom stereocenters. The van der Waals surface area contributed by atoms with Crippen molar-refractivity contribution in [2.45, 2.75) is 26.4 Å². The summed E-state index contributed by atoms with van der Waals surface area (Å²) >= 11 is 0. The third-order valence-electron chi connectivity index (χ3n) is 3.52. The lowest BCUT2D eigenvalue weighted by Gasteiger charge is -2.38. The van der Waals surface area contributed by atoms with Gasteiger partial charge in [-0.2, -0.15) is 9.67 Å². The number of rotatable bonds is 1. The maximum Gasteiger partial charge on any atom is 0.410 e. The molecule has 2 aromatic heterocycles. The molecule has 0 saturated carbocycles. The summed E-state index contributed by atoms with van der Waals surface area (Å²) in [6.07, 6.45) is 1.15. The molecule has 0 bridgehead atoms. The SMILES string of the molecule is CC(C)(C)OC(=O)N1CC(C(=O)n2c(=O)nc3ccccn32)C1. The van der Waals surface area contributed by atoms with Gasteiger partial charge in [0.2, 0.25) is 0 Å². The van der Waals surface area contributed by atoms with Gasteiger partial charge >= 0.3 is 11.8 Å². The number of amides is 1. The van der Waals surface area contributed by atoms with Crippen molar-refractivity contribution < 1.29 is 14.3 Å². The van der Waals surface area contributed by atoms with Crippen LogP contribution in [0.4, 0.5) is 4.79 Å². The number of ether oxygens (including phenoxy) is 1. The summed E-state index contributed by atoms with van der Waals surface area (Å²) in [4.78, 5) is 41.6. The zero-order valence-electron chi connectivity index (χ0n) is 13.2. The van der Waals surface area contributed by atoms with E-state index >= 15 is 0 Å². The second kappa shape index (κ2) is 5.22. The van der Waals surface area contributed by atoms with Crippen LogP contribution in [0.2, 0.25) is 0 Å². The minimum atomic E-state index is -0.614. The van der Waals surface area contributed by atoms with Crippen LogP contribution in [0.15, 0.2) is 29.2 Å². The first-order valence-electron chi connectivity index (χ1n) is 7.35. The molecule has 8 nitrogen and oxygen atoms in total. The zero-order chi connectivity index (χ0) is 16.8. The molecular weight excluding hydrogens is 300 g/mol. The lowest BCUT2D eigenvalue weighted by atomic mass is 10.00. The van der Waals surface area contributed by atoms with Crippen LogP contribution in [0.25, 0.3) is 5.65 Å². The summed E-state index contributed by atoms with van der Waals surface area (Å²) < 4.78 is 7.67. The van der Waals surface area contributed by atoms with E-state index < -0.39 is 23.3 Å². The lowest BCUT2D eigenvalue weighted by Crippen LogP contribution is -2.56. The monoisotopic (exact) mass is 318 g/mol. The van der Waals surface area contributed by atoms with Crippen molar-refractivity contribution in [2.75, 3.05) is 13.1 Å². The smallest absolute Gasteiger partial charge is 0.410 e. The number of likely N-dealkylation sites (tertiary alicyclic amines) is 1. The number of hydrogen-bond donors (Lipinski definition) is 0. The van der Waals surface area contributed by atoms with E-state index in [1.807, 2.05) is 0 Å². The minimum absolute atomic E-state index is 0.236. The van der Waals surface area contributed by atoms with E-state index in [0.717, 1.165) is 4.68 Å². The number of carbonyl (C=O) groups excluding carboxylic acids is 2. The summed E-state index contributed by atoms with van der Waals surface area (Å²) in [5, 5.41) is 0. The normalized spacial score (nSPS) is 15.5. The molecule has 0 spiro atoms. The van der Waals surface area contributed by atoms with Crippen molar-refractivity contribution in [3.63, 3.8) is 0 Å². The molecule has 1 aliphatic rings. The molecule has 8 heteroatoms. The predicted octanol–water partition coefficient (Wildman–Crippen LogP) is 1.00. The van der Waals surface area contributed by atoms with Gasteiger partial charge in [-0.05, 0) is 32.9 Å². The van der Waals surface area contributed by atoms with Crippen molar-refractivity contribution in [2.24, 2.45) is 5.92 Å².